The van der Waals surface area contributed by atoms with E-state index in [4.69, 9.17) is 16.3 Å². The summed E-state index contributed by atoms with van der Waals surface area (Å²) < 4.78 is 8.31. The molecule has 0 saturated heterocycles. The van der Waals surface area contributed by atoms with Gasteiger partial charge in [-0.15, -0.1) is 10.2 Å². The van der Waals surface area contributed by atoms with Crippen LogP contribution in [0.5, 0.6) is 5.75 Å². The van der Waals surface area contributed by atoms with Crippen molar-refractivity contribution in [1.82, 2.24) is 19.7 Å². The Hall–Kier alpha value is -2.88. The van der Waals surface area contributed by atoms with Crippen LogP contribution in [-0.4, -0.2) is 38.0 Å². The van der Waals surface area contributed by atoms with E-state index in [2.05, 4.69) is 36.4 Å². The van der Waals surface area contributed by atoms with E-state index in [0.29, 0.717) is 28.3 Å². The Labute approximate surface area is 208 Å². The molecule has 10 heteroatoms. The number of carbonyl (C=O) groups is 1. The fourth-order valence-electron chi connectivity index (χ4n) is 3.05. The third-order valence-electron chi connectivity index (χ3n) is 4.52. The zero-order valence-electron chi connectivity index (χ0n) is 17.5. The summed E-state index contributed by atoms with van der Waals surface area (Å²) >= 11 is 10.9. The third-order valence-corrected chi connectivity index (χ3v) is 6.25. The first-order valence-corrected chi connectivity index (χ1v) is 12.2. The van der Waals surface area contributed by atoms with E-state index in [-0.39, 0.29) is 11.7 Å². The first kappa shape index (κ1) is 23.3. The molecule has 1 amide bonds. The molecule has 2 aromatic heterocycles. The summed E-state index contributed by atoms with van der Waals surface area (Å²) in [6.07, 6.45) is 3.41. The van der Waals surface area contributed by atoms with Crippen LogP contribution in [-0.2, 0) is 4.79 Å². The lowest BCUT2D eigenvalue weighted by molar-refractivity contribution is -0.113. The maximum absolute atomic E-state index is 12.6. The molecular weight excluding hydrogens is 526 g/mol. The van der Waals surface area contributed by atoms with Gasteiger partial charge in [0, 0.05) is 28.1 Å². The van der Waals surface area contributed by atoms with Crippen molar-refractivity contribution >= 4 is 50.9 Å². The summed E-state index contributed by atoms with van der Waals surface area (Å²) in [6, 6.07) is 16.7. The summed E-state index contributed by atoms with van der Waals surface area (Å²) in [5, 5.41) is 12.6. The van der Waals surface area contributed by atoms with E-state index in [0.717, 1.165) is 21.5 Å². The highest BCUT2D eigenvalue weighted by Gasteiger charge is 2.18. The lowest BCUT2D eigenvalue weighted by Crippen LogP contribution is -2.15. The molecule has 0 aliphatic rings. The van der Waals surface area contributed by atoms with E-state index in [1.165, 1.54) is 11.8 Å². The lowest BCUT2D eigenvalue weighted by Gasteiger charge is -2.12. The van der Waals surface area contributed by atoms with Crippen LogP contribution < -0.4 is 10.1 Å². The van der Waals surface area contributed by atoms with Crippen LogP contribution in [0.2, 0.25) is 5.02 Å². The van der Waals surface area contributed by atoms with Gasteiger partial charge in [-0.25, -0.2) is 0 Å². The number of amides is 1. The van der Waals surface area contributed by atoms with Gasteiger partial charge in [-0.1, -0.05) is 39.3 Å². The number of pyridine rings is 1. The number of benzene rings is 2. The monoisotopic (exact) mass is 543 g/mol. The normalized spacial score (nSPS) is 10.8. The number of ether oxygens (including phenoxy) is 1. The van der Waals surface area contributed by atoms with E-state index in [1.54, 1.807) is 24.5 Å². The summed E-state index contributed by atoms with van der Waals surface area (Å²) in [5.74, 6) is 1.37. The van der Waals surface area contributed by atoms with Crippen LogP contribution in [0.15, 0.2) is 76.6 Å². The number of nitrogens with zero attached hydrogens (tertiary/aromatic N) is 4. The molecule has 0 unspecified atom stereocenters. The quantitative estimate of drug-likeness (QED) is 0.279. The number of rotatable bonds is 8. The number of thioether (sulfide) groups is 1. The highest BCUT2D eigenvalue weighted by Crippen LogP contribution is 2.30. The number of hydrogen-bond acceptors (Lipinski definition) is 6. The molecule has 0 saturated carbocycles. The van der Waals surface area contributed by atoms with Crippen LogP contribution in [0.3, 0.4) is 0 Å². The van der Waals surface area contributed by atoms with Crippen LogP contribution in [0.25, 0.3) is 17.1 Å². The minimum Gasteiger partial charge on any atom is -0.494 e. The molecule has 168 valence electrons. The predicted molar refractivity (Wildman–Crippen MR) is 134 cm³/mol. The molecule has 2 aromatic carbocycles. The smallest absolute Gasteiger partial charge is 0.234 e. The number of carbonyl (C=O) groups excluding carboxylic acids is 1. The molecule has 0 fully saturated rings. The van der Waals surface area contributed by atoms with Gasteiger partial charge in [0.2, 0.25) is 5.91 Å². The molecule has 4 aromatic rings. The number of nitrogens with one attached hydrogen (secondary N) is 1. The van der Waals surface area contributed by atoms with Gasteiger partial charge in [0.25, 0.3) is 0 Å². The second kappa shape index (κ2) is 10.8. The van der Waals surface area contributed by atoms with Gasteiger partial charge in [-0.05, 0) is 61.5 Å². The molecule has 0 aliphatic carbocycles. The second-order valence-corrected chi connectivity index (χ2v) is 9.03. The van der Waals surface area contributed by atoms with E-state index < -0.39 is 0 Å². The topological polar surface area (TPSA) is 81.9 Å². The number of anilines is 1. The van der Waals surface area contributed by atoms with Crippen molar-refractivity contribution in [3.8, 4) is 22.8 Å². The second-order valence-electron chi connectivity index (χ2n) is 6.77. The number of aromatic nitrogens is 4. The van der Waals surface area contributed by atoms with Crippen molar-refractivity contribution in [2.24, 2.45) is 0 Å². The van der Waals surface area contributed by atoms with Crippen molar-refractivity contribution < 1.29 is 9.53 Å². The SMILES string of the molecule is CCOc1ccc(-n2c(SCC(=O)Nc3ccc(Br)cc3Cl)nnc2-c2ccncc2)cc1. The molecule has 0 atom stereocenters. The van der Waals surface area contributed by atoms with Gasteiger partial charge < -0.3 is 10.1 Å². The summed E-state index contributed by atoms with van der Waals surface area (Å²) in [4.78, 5) is 16.7. The summed E-state index contributed by atoms with van der Waals surface area (Å²) in [7, 11) is 0. The van der Waals surface area contributed by atoms with E-state index >= 15 is 0 Å². The summed E-state index contributed by atoms with van der Waals surface area (Å²) in [5.41, 5.74) is 2.27. The Bertz CT molecular complexity index is 1250. The average molecular weight is 545 g/mol. The van der Waals surface area contributed by atoms with E-state index in [9.17, 15) is 4.79 Å². The predicted octanol–water partition coefficient (Wildman–Crippen LogP) is 5.87. The Kier molecular flexibility index (Phi) is 7.64. The molecule has 4 rings (SSSR count). The molecule has 2 heterocycles. The molecular formula is C23H19BrClN5O2S. The standard InChI is InChI=1S/C23H19BrClN5O2S/c1-2-32-18-6-4-17(5-7-18)30-22(15-9-11-26-12-10-15)28-29-23(30)33-14-21(31)27-20-8-3-16(24)13-19(20)25/h3-13H,2,14H2,1H3,(H,27,31). The third kappa shape index (κ3) is 5.73. The molecule has 33 heavy (non-hydrogen) atoms. The molecule has 0 bridgehead atoms. The van der Waals surface area contributed by atoms with Crippen molar-refractivity contribution in [2.75, 3.05) is 17.7 Å². The van der Waals surface area contributed by atoms with Crippen LogP contribution >= 0.6 is 39.3 Å². The van der Waals surface area contributed by atoms with Gasteiger partial charge >= 0.3 is 0 Å². The first-order valence-electron chi connectivity index (χ1n) is 10.0. The van der Waals surface area contributed by atoms with Crippen molar-refractivity contribution in [2.45, 2.75) is 12.1 Å². The molecule has 0 spiro atoms. The minimum absolute atomic E-state index is 0.137. The Morgan fingerprint density at radius 1 is 1.12 bits per heavy atom. The number of hydrogen-bond donors (Lipinski definition) is 1. The minimum atomic E-state index is -0.198. The summed E-state index contributed by atoms with van der Waals surface area (Å²) in [6.45, 7) is 2.53. The molecule has 1 N–H and O–H groups in total. The van der Waals surface area contributed by atoms with Gasteiger partial charge in [0.05, 0.1) is 23.1 Å². The van der Waals surface area contributed by atoms with Crippen LogP contribution in [0.1, 0.15) is 6.92 Å². The van der Waals surface area contributed by atoms with Crippen molar-refractivity contribution in [1.29, 1.82) is 0 Å². The van der Waals surface area contributed by atoms with Gasteiger partial charge in [-0.2, -0.15) is 0 Å². The fourth-order valence-corrected chi connectivity index (χ4v) is 4.52. The van der Waals surface area contributed by atoms with Gasteiger partial charge in [-0.3, -0.25) is 14.3 Å². The number of halogens is 2. The maximum atomic E-state index is 12.6. The van der Waals surface area contributed by atoms with E-state index in [1.807, 2.05) is 54.0 Å². The highest BCUT2D eigenvalue weighted by molar-refractivity contribution is 9.10. The first-order chi connectivity index (χ1) is 16.0. The van der Waals surface area contributed by atoms with Crippen LogP contribution in [0, 0.1) is 0 Å². The Morgan fingerprint density at radius 3 is 2.58 bits per heavy atom. The lowest BCUT2D eigenvalue weighted by atomic mass is 10.2. The van der Waals surface area contributed by atoms with Crippen molar-refractivity contribution in [3.05, 3.63) is 76.5 Å². The maximum Gasteiger partial charge on any atom is 0.234 e. The molecule has 7 nitrogen and oxygen atoms in total. The van der Waals surface area contributed by atoms with Gasteiger partial charge in [0.15, 0.2) is 11.0 Å². The fraction of sp³-hybridized carbons (Fsp3) is 0.130. The highest BCUT2D eigenvalue weighted by atomic mass is 79.9. The Balaban J connectivity index is 1.58. The average Bonchev–Trinajstić information content (AvgIpc) is 3.25. The zero-order chi connectivity index (χ0) is 23.2. The molecule has 0 radical (unpaired) electrons. The Morgan fingerprint density at radius 2 is 1.88 bits per heavy atom. The van der Waals surface area contributed by atoms with Crippen molar-refractivity contribution in [3.63, 3.8) is 0 Å². The largest absolute Gasteiger partial charge is 0.494 e. The molecule has 0 aliphatic heterocycles. The zero-order valence-corrected chi connectivity index (χ0v) is 20.7. The van der Waals surface area contributed by atoms with Gasteiger partial charge in [0.1, 0.15) is 5.75 Å². The van der Waals surface area contributed by atoms with Crippen LogP contribution in [0.4, 0.5) is 5.69 Å².